The van der Waals surface area contributed by atoms with Crippen LogP contribution in [-0.2, 0) is 0 Å². The molecule has 0 spiro atoms. The van der Waals surface area contributed by atoms with E-state index >= 15 is 0 Å². The molecule has 3 heterocycles. The van der Waals surface area contributed by atoms with E-state index in [2.05, 4.69) is 33.9 Å². The fourth-order valence-electron chi connectivity index (χ4n) is 2.40. The van der Waals surface area contributed by atoms with Crippen molar-refractivity contribution < 1.29 is 4.79 Å². The zero-order valence-electron chi connectivity index (χ0n) is 11.2. The van der Waals surface area contributed by atoms with Crippen molar-refractivity contribution in [1.82, 2.24) is 19.6 Å². The smallest absolute Gasteiger partial charge is 0.255 e. The van der Waals surface area contributed by atoms with Gasteiger partial charge in [-0.1, -0.05) is 12.2 Å². The molecule has 5 nitrogen and oxygen atoms in total. The van der Waals surface area contributed by atoms with Crippen molar-refractivity contribution in [1.29, 1.82) is 0 Å². The number of nitrogens with zero attached hydrogens (tertiary/aromatic N) is 3. The predicted octanol–water partition coefficient (Wildman–Crippen LogP) is 1.22. The van der Waals surface area contributed by atoms with Crippen molar-refractivity contribution in [3.05, 3.63) is 42.4 Å². The molecule has 6 heteroatoms. The molecule has 0 fully saturated rings. The molecule has 1 N–H and O–H groups in total. The molecule has 2 aromatic rings. The molecule has 0 bridgehead atoms. The van der Waals surface area contributed by atoms with Crippen LogP contribution >= 0.6 is 12.6 Å². The van der Waals surface area contributed by atoms with Gasteiger partial charge in [-0.2, -0.15) is 0 Å². The largest absolute Gasteiger partial charge is 0.344 e. The number of likely N-dealkylation sites (N-methyl/N-ethyl adjacent to an activating group) is 1. The van der Waals surface area contributed by atoms with Gasteiger partial charge in [-0.15, -0.1) is 12.6 Å². The second-order valence-electron chi connectivity index (χ2n) is 5.00. The van der Waals surface area contributed by atoms with E-state index in [1.165, 1.54) is 0 Å². The van der Waals surface area contributed by atoms with E-state index in [4.69, 9.17) is 0 Å². The van der Waals surface area contributed by atoms with E-state index in [9.17, 15) is 4.79 Å². The summed E-state index contributed by atoms with van der Waals surface area (Å²) in [6.45, 7) is 1.73. The Morgan fingerprint density at radius 3 is 3.20 bits per heavy atom. The van der Waals surface area contributed by atoms with Crippen molar-refractivity contribution in [2.45, 2.75) is 10.9 Å². The summed E-state index contributed by atoms with van der Waals surface area (Å²) in [6, 6.07) is 1.77. The second kappa shape index (κ2) is 5.30. The number of carbonyl (C=O) groups excluding carboxylic acids is 1. The normalized spacial score (nSPS) is 19.4. The third kappa shape index (κ3) is 2.57. The minimum atomic E-state index is -0.123. The van der Waals surface area contributed by atoms with E-state index < -0.39 is 0 Å². The molecule has 1 aliphatic rings. The fourth-order valence-corrected chi connectivity index (χ4v) is 2.65. The molecule has 0 aliphatic carbocycles. The molecule has 0 aromatic carbocycles. The van der Waals surface area contributed by atoms with Crippen molar-refractivity contribution in [2.24, 2.45) is 0 Å². The molecule has 1 amide bonds. The van der Waals surface area contributed by atoms with E-state index in [1.807, 2.05) is 19.3 Å². The Hall–Kier alpha value is -1.79. The van der Waals surface area contributed by atoms with E-state index in [0.29, 0.717) is 11.2 Å². The first-order valence-electron chi connectivity index (χ1n) is 6.45. The summed E-state index contributed by atoms with van der Waals surface area (Å²) in [4.78, 5) is 19.6. The van der Waals surface area contributed by atoms with E-state index in [0.717, 1.165) is 18.0 Å². The topological polar surface area (TPSA) is 49.6 Å². The fraction of sp³-hybridized carbons (Fsp3) is 0.286. The number of fused-ring (bicyclic) bond motifs is 1. The Balaban J connectivity index is 1.87. The van der Waals surface area contributed by atoms with Crippen LogP contribution in [0.1, 0.15) is 10.4 Å². The van der Waals surface area contributed by atoms with E-state index in [-0.39, 0.29) is 11.9 Å². The van der Waals surface area contributed by atoms with Gasteiger partial charge in [0.2, 0.25) is 0 Å². The standard InChI is InChI=1S/C14H16N4OS/c1-17-5-2-3-10(8-17)16-14(19)12-7-11(20)9-18-6-4-15-13(12)18/h2-4,6-7,9-10,20H,5,8H2,1H3,(H,16,19). The maximum Gasteiger partial charge on any atom is 0.255 e. The maximum atomic E-state index is 12.4. The molecule has 1 unspecified atom stereocenters. The van der Waals surface area contributed by atoms with Gasteiger partial charge in [-0.05, 0) is 13.1 Å². The summed E-state index contributed by atoms with van der Waals surface area (Å²) >= 11 is 4.33. The summed E-state index contributed by atoms with van der Waals surface area (Å²) in [7, 11) is 2.03. The quantitative estimate of drug-likeness (QED) is 0.645. The van der Waals surface area contributed by atoms with Crippen molar-refractivity contribution in [3.63, 3.8) is 0 Å². The number of hydrogen-bond donors (Lipinski definition) is 2. The molecular weight excluding hydrogens is 272 g/mol. The number of nitrogens with one attached hydrogen (secondary N) is 1. The van der Waals surface area contributed by atoms with Crippen LogP contribution in [0.4, 0.5) is 0 Å². The Labute approximate surface area is 122 Å². The highest BCUT2D eigenvalue weighted by Gasteiger charge is 2.18. The lowest BCUT2D eigenvalue weighted by Gasteiger charge is -2.25. The molecule has 1 atom stereocenters. The van der Waals surface area contributed by atoms with Gasteiger partial charge in [-0.3, -0.25) is 4.79 Å². The molecule has 1 aliphatic heterocycles. The number of carbonyl (C=O) groups is 1. The third-order valence-corrected chi connectivity index (χ3v) is 3.57. The number of amides is 1. The van der Waals surface area contributed by atoms with Gasteiger partial charge in [0.05, 0.1) is 11.6 Å². The number of imidazole rings is 1. The van der Waals surface area contributed by atoms with Crippen LogP contribution in [0.25, 0.3) is 5.65 Å². The highest BCUT2D eigenvalue weighted by atomic mass is 32.1. The average molecular weight is 288 g/mol. The molecule has 104 valence electrons. The number of pyridine rings is 1. The van der Waals surface area contributed by atoms with Crippen molar-refractivity contribution in [3.8, 4) is 0 Å². The first-order chi connectivity index (χ1) is 9.63. The molecule has 0 saturated heterocycles. The van der Waals surface area contributed by atoms with Crippen LogP contribution in [0.15, 0.2) is 41.7 Å². The second-order valence-corrected chi connectivity index (χ2v) is 5.52. The van der Waals surface area contributed by atoms with Gasteiger partial charge in [0, 0.05) is 36.6 Å². The van der Waals surface area contributed by atoms with Gasteiger partial charge < -0.3 is 14.6 Å². The third-order valence-electron chi connectivity index (χ3n) is 3.33. The number of aromatic nitrogens is 2. The lowest BCUT2D eigenvalue weighted by Crippen LogP contribution is -2.43. The highest BCUT2D eigenvalue weighted by molar-refractivity contribution is 7.80. The van der Waals surface area contributed by atoms with Crippen LogP contribution < -0.4 is 5.32 Å². The maximum absolute atomic E-state index is 12.4. The van der Waals surface area contributed by atoms with Crippen LogP contribution in [0.3, 0.4) is 0 Å². The number of hydrogen-bond acceptors (Lipinski definition) is 4. The molecule has 0 radical (unpaired) electrons. The average Bonchev–Trinajstić information content (AvgIpc) is 2.85. The van der Waals surface area contributed by atoms with Gasteiger partial charge >= 0.3 is 0 Å². The Morgan fingerprint density at radius 1 is 1.55 bits per heavy atom. The van der Waals surface area contributed by atoms with Crippen LogP contribution in [0, 0.1) is 0 Å². The zero-order chi connectivity index (χ0) is 14.1. The van der Waals surface area contributed by atoms with Gasteiger partial charge in [0.25, 0.3) is 5.91 Å². The summed E-state index contributed by atoms with van der Waals surface area (Å²) in [5, 5.41) is 3.02. The first kappa shape index (κ1) is 13.2. The van der Waals surface area contributed by atoms with Gasteiger partial charge in [0.1, 0.15) is 5.65 Å². The highest BCUT2D eigenvalue weighted by Crippen LogP contribution is 2.15. The Bertz CT molecular complexity index is 679. The lowest BCUT2D eigenvalue weighted by molar-refractivity contribution is 0.0937. The molecule has 3 rings (SSSR count). The Kier molecular flexibility index (Phi) is 3.50. The monoisotopic (exact) mass is 288 g/mol. The molecule has 2 aromatic heterocycles. The van der Waals surface area contributed by atoms with Crippen LogP contribution in [-0.4, -0.2) is 46.4 Å². The lowest BCUT2D eigenvalue weighted by atomic mass is 10.1. The van der Waals surface area contributed by atoms with E-state index in [1.54, 1.807) is 22.9 Å². The summed E-state index contributed by atoms with van der Waals surface area (Å²) in [6.07, 6.45) is 9.41. The molecular formula is C14H16N4OS. The summed E-state index contributed by atoms with van der Waals surface area (Å²) in [5.41, 5.74) is 1.19. The SMILES string of the molecule is CN1CC=CC(NC(=O)c2cc(S)cn3ccnc23)C1. The van der Waals surface area contributed by atoms with Crippen LogP contribution in [0.5, 0.6) is 0 Å². The molecule has 20 heavy (non-hydrogen) atoms. The van der Waals surface area contributed by atoms with Crippen LogP contribution in [0.2, 0.25) is 0 Å². The number of thiol groups is 1. The minimum Gasteiger partial charge on any atom is -0.344 e. The predicted molar refractivity (Wildman–Crippen MR) is 80.3 cm³/mol. The van der Waals surface area contributed by atoms with Crippen molar-refractivity contribution >= 4 is 24.2 Å². The minimum absolute atomic E-state index is 0.0276. The summed E-state index contributed by atoms with van der Waals surface area (Å²) in [5.74, 6) is -0.123. The van der Waals surface area contributed by atoms with Gasteiger partial charge in [-0.25, -0.2) is 4.98 Å². The first-order valence-corrected chi connectivity index (χ1v) is 6.90. The Morgan fingerprint density at radius 2 is 2.40 bits per heavy atom. The van der Waals surface area contributed by atoms with Gasteiger partial charge in [0.15, 0.2) is 0 Å². The number of rotatable bonds is 2. The van der Waals surface area contributed by atoms with Crippen molar-refractivity contribution in [2.75, 3.05) is 20.1 Å². The summed E-state index contributed by atoms with van der Waals surface area (Å²) < 4.78 is 1.81. The zero-order valence-corrected chi connectivity index (χ0v) is 12.0. The molecule has 0 saturated carbocycles.